The first-order valence-corrected chi connectivity index (χ1v) is 10.9. The maximum absolute atomic E-state index is 12.5. The number of nitro benzene ring substituents is 1. The van der Waals surface area contributed by atoms with Gasteiger partial charge in [-0.25, -0.2) is 13.1 Å². The van der Waals surface area contributed by atoms with Crippen molar-refractivity contribution in [1.29, 1.82) is 0 Å². The molecule has 9 heteroatoms. The number of nitrogens with one attached hydrogen (secondary N) is 2. The highest BCUT2D eigenvalue weighted by Gasteiger charge is 2.26. The quantitative estimate of drug-likeness (QED) is 0.501. The summed E-state index contributed by atoms with van der Waals surface area (Å²) in [6, 6.07) is 11.5. The van der Waals surface area contributed by atoms with Crippen LogP contribution in [0.5, 0.6) is 0 Å². The van der Waals surface area contributed by atoms with Crippen molar-refractivity contribution in [3.05, 3.63) is 63.7 Å². The van der Waals surface area contributed by atoms with Gasteiger partial charge in [-0.3, -0.25) is 10.1 Å². The zero-order valence-corrected chi connectivity index (χ0v) is 17.2. The molecule has 0 bridgehead atoms. The van der Waals surface area contributed by atoms with Crippen LogP contribution in [-0.4, -0.2) is 33.1 Å². The topological polar surface area (TPSA) is 111 Å². The van der Waals surface area contributed by atoms with Crippen LogP contribution in [0.15, 0.2) is 47.4 Å². The Morgan fingerprint density at radius 3 is 2.76 bits per heavy atom. The lowest BCUT2D eigenvalue weighted by molar-refractivity contribution is -0.384. The van der Waals surface area contributed by atoms with Crippen molar-refractivity contribution in [2.45, 2.75) is 43.2 Å². The Bertz CT molecular complexity index is 993. The minimum Gasteiger partial charge on any atom is -0.383 e. The maximum Gasteiger partial charge on any atom is 0.293 e. The van der Waals surface area contributed by atoms with E-state index >= 15 is 0 Å². The van der Waals surface area contributed by atoms with E-state index < -0.39 is 21.0 Å². The van der Waals surface area contributed by atoms with Gasteiger partial charge in [-0.15, -0.1) is 0 Å². The number of nitrogens with zero attached hydrogens (tertiary/aromatic N) is 1. The van der Waals surface area contributed by atoms with Crippen LogP contribution in [0, 0.1) is 10.1 Å². The fourth-order valence-electron chi connectivity index (χ4n) is 3.66. The van der Waals surface area contributed by atoms with Crippen molar-refractivity contribution in [2.24, 2.45) is 0 Å². The molecule has 0 radical (unpaired) electrons. The number of methoxy groups -OCH3 is 1. The molecule has 0 heterocycles. The third kappa shape index (κ3) is 4.92. The van der Waals surface area contributed by atoms with Gasteiger partial charge in [-0.2, -0.15) is 0 Å². The molecule has 0 aromatic heterocycles. The largest absolute Gasteiger partial charge is 0.383 e. The average molecular weight is 420 g/mol. The molecule has 0 saturated heterocycles. The molecule has 0 saturated carbocycles. The summed E-state index contributed by atoms with van der Waals surface area (Å²) >= 11 is 0. The van der Waals surface area contributed by atoms with Crippen molar-refractivity contribution >= 4 is 21.4 Å². The second-order valence-corrected chi connectivity index (χ2v) is 8.92. The molecule has 2 atom stereocenters. The minimum atomic E-state index is -3.90. The predicted molar refractivity (Wildman–Crippen MR) is 110 cm³/mol. The molecule has 3 rings (SSSR count). The number of benzene rings is 2. The third-order valence-corrected chi connectivity index (χ3v) is 6.54. The lowest BCUT2D eigenvalue weighted by atomic mass is 9.87. The van der Waals surface area contributed by atoms with Gasteiger partial charge in [-0.1, -0.05) is 24.3 Å². The number of nitro groups is 1. The van der Waals surface area contributed by atoms with Crippen molar-refractivity contribution in [2.75, 3.05) is 19.0 Å². The van der Waals surface area contributed by atoms with Crippen LogP contribution in [-0.2, 0) is 21.2 Å². The lowest BCUT2D eigenvalue weighted by Crippen LogP contribution is -2.35. The van der Waals surface area contributed by atoms with Crippen molar-refractivity contribution in [3.63, 3.8) is 0 Å². The highest BCUT2D eigenvalue weighted by atomic mass is 32.2. The number of rotatable bonds is 8. The summed E-state index contributed by atoms with van der Waals surface area (Å²) in [6.45, 7) is 1.86. The van der Waals surface area contributed by atoms with Gasteiger partial charge < -0.3 is 10.1 Å². The van der Waals surface area contributed by atoms with Crippen molar-refractivity contribution < 1.29 is 18.1 Å². The fourth-order valence-corrected chi connectivity index (χ4v) is 4.91. The zero-order valence-electron chi connectivity index (χ0n) is 16.4. The van der Waals surface area contributed by atoms with Gasteiger partial charge in [0.1, 0.15) is 5.69 Å². The zero-order chi connectivity index (χ0) is 21.0. The minimum absolute atomic E-state index is 0.0547. The summed E-state index contributed by atoms with van der Waals surface area (Å²) in [5, 5.41) is 14.9. The van der Waals surface area contributed by atoms with E-state index in [4.69, 9.17) is 4.74 Å². The summed E-state index contributed by atoms with van der Waals surface area (Å²) in [4.78, 5) is 10.9. The molecule has 0 amide bonds. The van der Waals surface area contributed by atoms with Gasteiger partial charge in [0.05, 0.1) is 22.5 Å². The number of aryl methyl sites for hydroxylation is 1. The normalized spacial score (nSPS) is 17.4. The third-order valence-electron chi connectivity index (χ3n) is 4.95. The molecule has 2 N–H and O–H groups in total. The van der Waals surface area contributed by atoms with E-state index in [0.29, 0.717) is 5.69 Å². The molecule has 0 fully saturated rings. The average Bonchev–Trinajstić information content (AvgIpc) is 2.68. The summed E-state index contributed by atoms with van der Waals surface area (Å²) in [5.74, 6) is 0. The van der Waals surface area contributed by atoms with E-state index in [1.54, 1.807) is 6.92 Å². The Labute approximate surface area is 170 Å². The van der Waals surface area contributed by atoms with Crippen LogP contribution in [0.2, 0.25) is 0 Å². The van der Waals surface area contributed by atoms with E-state index in [-0.39, 0.29) is 23.2 Å². The highest BCUT2D eigenvalue weighted by Crippen LogP contribution is 2.36. The number of hydrogen-bond donors (Lipinski definition) is 2. The second kappa shape index (κ2) is 8.89. The van der Waals surface area contributed by atoms with Gasteiger partial charge in [0.15, 0.2) is 0 Å². The van der Waals surface area contributed by atoms with Crippen LogP contribution in [0.25, 0.3) is 0 Å². The maximum atomic E-state index is 12.5. The van der Waals surface area contributed by atoms with Gasteiger partial charge in [0, 0.05) is 19.2 Å². The van der Waals surface area contributed by atoms with E-state index in [2.05, 4.69) is 16.1 Å². The molecule has 156 valence electrons. The Morgan fingerprint density at radius 1 is 1.28 bits per heavy atom. The van der Waals surface area contributed by atoms with E-state index in [1.807, 2.05) is 18.2 Å². The van der Waals surface area contributed by atoms with Crippen LogP contribution in [0.1, 0.15) is 36.9 Å². The van der Waals surface area contributed by atoms with Crippen molar-refractivity contribution in [3.8, 4) is 0 Å². The van der Waals surface area contributed by atoms with Crippen LogP contribution < -0.4 is 10.0 Å². The standard InChI is InChI=1S/C20H25N3O5S/c1-14(13-28-2)22-29(26,27)16-10-11-19(20(12-16)23(24)25)21-18-9-5-7-15-6-3-4-8-17(15)18/h3-4,6,8,10-12,14,18,21-22H,5,7,9,13H2,1-2H3/t14-,18+/m0/s1. The monoisotopic (exact) mass is 419 g/mol. The lowest BCUT2D eigenvalue weighted by Gasteiger charge is -2.27. The van der Waals surface area contributed by atoms with Gasteiger partial charge in [-0.05, 0) is 49.4 Å². The summed E-state index contributed by atoms with van der Waals surface area (Å²) in [6.07, 6.45) is 2.82. The SMILES string of the molecule is COC[C@H](C)NS(=O)(=O)c1ccc(N[C@@H]2CCCc3ccccc32)c([N+](=O)[O-])c1. The van der Waals surface area contributed by atoms with Crippen molar-refractivity contribution in [1.82, 2.24) is 4.72 Å². The van der Waals surface area contributed by atoms with Gasteiger partial charge in [0.25, 0.3) is 5.69 Å². The number of ether oxygens (including phenoxy) is 1. The van der Waals surface area contributed by atoms with E-state index in [1.165, 1.54) is 24.8 Å². The molecule has 0 aliphatic heterocycles. The molecule has 1 aliphatic rings. The Balaban J connectivity index is 1.89. The van der Waals surface area contributed by atoms with Gasteiger partial charge in [0.2, 0.25) is 10.0 Å². The number of fused-ring (bicyclic) bond motifs is 1. The molecule has 2 aromatic rings. The molecule has 8 nitrogen and oxygen atoms in total. The first-order chi connectivity index (χ1) is 13.8. The number of sulfonamides is 1. The highest BCUT2D eigenvalue weighted by molar-refractivity contribution is 7.89. The summed E-state index contributed by atoms with van der Waals surface area (Å²) in [5.41, 5.74) is 2.39. The van der Waals surface area contributed by atoms with Crippen LogP contribution in [0.3, 0.4) is 0 Å². The van der Waals surface area contributed by atoms with E-state index in [0.717, 1.165) is 30.9 Å². The molecule has 0 unspecified atom stereocenters. The Kier molecular flexibility index (Phi) is 6.51. The fraction of sp³-hybridized carbons (Fsp3) is 0.400. The van der Waals surface area contributed by atoms with Crippen LogP contribution in [0.4, 0.5) is 11.4 Å². The molecule has 29 heavy (non-hydrogen) atoms. The molecule has 0 spiro atoms. The molecule has 1 aliphatic carbocycles. The molecular formula is C20H25N3O5S. The Morgan fingerprint density at radius 2 is 2.03 bits per heavy atom. The predicted octanol–water partition coefficient (Wildman–Crippen LogP) is 3.40. The number of anilines is 1. The first-order valence-electron chi connectivity index (χ1n) is 9.46. The summed E-state index contributed by atoms with van der Waals surface area (Å²) < 4.78 is 32.5. The molecular weight excluding hydrogens is 394 g/mol. The molecule has 2 aromatic carbocycles. The second-order valence-electron chi connectivity index (χ2n) is 7.20. The summed E-state index contributed by atoms with van der Waals surface area (Å²) in [7, 11) is -2.43. The number of hydrogen-bond acceptors (Lipinski definition) is 6. The van der Waals surface area contributed by atoms with Crippen LogP contribution >= 0.6 is 0 Å². The first kappa shape index (κ1) is 21.2. The Hall–Kier alpha value is -2.49. The smallest absolute Gasteiger partial charge is 0.293 e. The van der Waals surface area contributed by atoms with E-state index in [9.17, 15) is 18.5 Å². The van der Waals surface area contributed by atoms with Gasteiger partial charge >= 0.3 is 0 Å².